The van der Waals surface area contributed by atoms with Gasteiger partial charge in [0.15, 0.2) is 6.10 Å². The third kappa shape index (κ3) is 64.2. The molecular formula is C72H132O6. The van der Waals surface area contributed by atoms with Crippen molar-refractivity contribution in [2.24, 2.45) is 0 Å². The van der Waals surface area contributed by atoms with Crippen molar-refractivity contribution in [2.75, 3.05) is 13.2 Å². The first-order valence-electron chi connectivity index (χ1n) is 34.6. The predicted molar refractivity (Wildman–Crippen MR) is 339 cm³/mol. The van der Waals surface area contributed by atoms with Crippen molar-refractivity contribution >= 4 is 17.9 Å². The highest BCUT2D eigenvalue weighted by atomic mass is 16.6. The van der Waals surface area contributed by atoms with E-state index in [0.29, 0.717) is 19.3 Å². The van der Waals surface area contributed by atoms with Crippen LogP contribution in [0, 0.1) is 0 Å². The zero-order valence-electron chi connectivity index (χ0n) is 52.5. The number of rotatable bonds is 64. The van der Waals surface area contributed by atoms with Gasteiger partial charge in [0.05, 0.1) is 0 Å². The predicted octanol–water partition coefficient (Wildman–Crippen LogP) is 23.7. The van der Waals surface area contributed by atoms with Gasteiger partial charge in [-0.2, -0.15) is 0 Å². The summed E-state index contributed by atoms with van der Waals surface area (Å²) in [6.07, 6.45) is 84.2. The number of hydrogen-bond acceptors (Lipinski definition) is 6. The van der Waals surface area contributed by atoms with Crippen LogP contribution in [-0.2, 0) is 28.6 Å². The number of hydrogen-bond donors (Lipinski definition) is 0. The van der Waals surface area contributed by atoms with Crippen LogP contribution in [0.5, 0.6) is 0 Å². The Morgan fingerprint density at radius 2 is 0.500 bits per heavy atom. The molecule has 0 bridgehead atoms. The van der Waals surface area contributed by atoms with E-state index in [-0.39, 0.29) is 31.1 Å². The number of allylic oxidation sites excluding steroid dienone is 8. The van der Waals surface area contributed by atoms with E-state index >= 15 is 0 Å². The second kappa shape index (κ2) is 66.9. The lowest BCUT2D eigenvalue weighted by Gasteiger charge is -2.18. The van der Waals surface area contributed by atoms with Gasteiger partial charge in [-0.15, -0.1) is 0 Å². The number of carbonyl (C=O) groups is 3. The highest BCUT2D eigenvalue weighted by Crippen LogP contribution is 2.18. The Morgan fingerprint density at radius 1 is 0.269 bits per heavy atom. The smallest absolute Gasteiger partial charge is 0.306 e. The zero-order valence-corrected chi connectivity index (χ0v) is 52.5. The Hall–Kier alpha value is -2.63. The van der Waals surface area contributed by atoms with E-state index in [0.717, 1.165) is 83.5 Å². The molecule has 0 radical (unpaired) electrons. The van der Waals surface area contributed by atoms with Crippen molar-refractivity contribution in [1.82, 2.24) is 0 Å². The van der Waals surface area contributed by atoms with Gasteiger partial charge in [-0.25, -0.2) is 0 Å². The average molecular weight is 1090 g/mol. The fourth-order valence-corrected chi connectivity index (χ4v) is 10.4. The minimum atomic E-state index is -0.777. The highest BCUT2D eigenvalue weighted by molar-refractivity contribution is 5.71. The lowest BCUT2D eigenvalue weighted by atomic mass is 10.0. The minimum Gasteiger partial charge on any atom is -0.462 e. The first kappa shape index (κ1) is 75.4. The molecule has 456 valence electrons. The summed E-state index contributed by atoms with van der Waals surface area (Å²) in [5, 5.41) is 0. The third-order valence-electron chi connectivity index (χ3n) is 15.6. The average Bonchev–Trinajstić information content (AvgIpc) is 3.44. The molecule has 0 aliphatic rings. The van der Waals surface area contributed by atoms with Crippen LogP contribution in [0.15, 0.2) is 48.6 Å². The van der Waals surface area contributed by atoms with Gasteiger partial charge in [0.25, 0.3) is 0 Å². The molecule has 6 nitrogen and oxygen atoms in total. The second-order valence-corrected chi connectivity index (χ2v) is 23.4. The maximum atomic E-state index is 13.0. The van der Waals surface area contributed by atoms with Crippen LogP contribution < -0.4 is 0 Å². The molecule has 0 fully saturated rings. The summed E-state index contributed by atoms with van der Waals surface area (Å²) in [6, 6.07) is 0. The van der Waals surface area contributed by atoms with Gasteiger partial charge in [0.1, 0.15) is 13.2 Å². The molecule has 0 aliphatic heterocycles. The van der Waals surface area contributed by atoms with Crippen molar-refractivity contribution in [2.45, 2.75) is 380 Å². The van der Waals surface area contributed by atoms with Crippen LogP contribution in [0.4, 0.5) is 0 Å². The molecule has 0 aliphatic carbocycles. The Bertz CT molecular complexity index is 1350. The fraction of sp³-hybridized carbons (Fsp3) is 0.847. The maximum Gasteiger partial charge on any atom is 0.306 e. The van der Waals surface area contributed by atoms with E-state index < -0.39 is 6.10 Å². The first-order chi connectivity index (χ1) is 38.5. The van der Waals surface area contributed by atoms with Crippen molar-refractivity contribution < 1.29 is 28.6 Å². The number of esters is 3. The molecule has 0 rings (SSSR count). The summed E-state index contributed by atoms with van der Waals surface area (Å²) < 4.78 is 17.0. The Balaban J connectivity index is 4.31. The van der Waals surface area contributed by atoms with Gasteiger partial charge < -0.3 is 14.2 Å². The summed E-state index contributed by atoms with van der Waals surface area (Å²) >= 11 is 0. The van der Waals surface area contributed by atoms with Crippen LogP contribution in [0.25, 0.3) is 0 Å². The molecule has 0 heterocycles. The van der Waals surface area contributed by atoms with Gasteiger partial charge >= 0.3 is 17.9 Å². The molecule has 0 aromatic carbocycles. The molecule has 0 N–H and O–H groups in total. The molecule has 0 amide bonds. The van der Waals surface area contributed by atoms with Gasteiger partial charge in [-0.3, -0.25) is 14.4 Å². The molecule has 0 aromatic heterocycles. The summed E-state index contributed by atoms with van der Waals surface area (Å²) in [7, 11) is 0. The van der Waals surface area contributed by atoms with E-state index in [9.17, 15) is 14.4 Å². The lowest BCUT2D eigenvalue weighted by molar-refractivity contribution is -0.167. The number of ether oxygens (including phenoxy) is 3. The van der Waals surface area contributed by atoms with Gasteiger partial charge in [0.2, 0.25) is 0 Å². The molecule has 0 aromatic rings. The van der Waals surface area contributed by atoms with E-state index in [4.69, 9.17) is 14.2 Å². The topological polar surface area (TPSA) is 78.9 Å². The van der Waals surface area contributed by atoms with Gasteiger partial charge in [-0.1, -0.05) is 326 Å². The minimum absolute atomic E-state index is 0.0725. The Morgan fingerprint density at radius 3 is 0.795 bits per heavy atom. The molecular weight excluding hydrogens is 961 g/mol. The van der Waals surface area contributed by atoms with Crippen LogP contribution in [-0.4, -0.2) is 37.2 Å². The van der Waals surface area contributed by atoms with Crippen LogP contribution in [0.2, 0.25) is 0 Å². The van der Waals surface area contributed by atoms with E-state index in [2.05, 4.69) is 69.4 Å². The first-order valence-corrected chi connectivity index (χ1v) is 34.6. The Labute approximate surface area is 486 Å². The van der Waals surface area contributed by atoms with E-state index in [1.54, 1.807) is 0 Å². The van der Waals surface area contributed by atoms with E-state index in [1.807, 2.05) is 0 Å². The van der Waals surface area contributed by atoms with Crippen LogP contribution >= 0.6 is 0 Å². The monoisotopic (exact) mass is 1090 g/mol. The Kier molecular flexibility index (Phi) is 64.6. The third-order valence-corrected chi connectivity index (χ3v) is 15.6. The summed E-state index contributed by atoms with van der Waals surface area (Å²) in [5.41, 5.74) is 0. The molecule has 78 heavy (non-hydrogen) atoms. The van der Waals surface area contributed by atoms with Crippen molar-refractivity contribution in [1.29, 1.82) is 0 Å². The SMILES string of the molecule is CC/C=C\C/C=C\C/C=C\CCCCCCCCCC(=O)OCC(COC(=O)CCCCCCCCCCCCC/C=C\CCCCCCCCCC)OC(=O)CCCCCCCCCCCCCCCCCCCCCC. The van der Waals surface area contributed by atoms with Crippen LogP contribution in [0.3, 0.4) is 0 Å². The highest BCUT2D eigenvalue weighted by Gasteiger charge is 2.19. The molecule has 0 saturated heterocycles. The van der Waals surface area contributed by atoms with Crippen molar-refractivity contribution in [3.63, 3.8) is 0 Å². The van der Waals surface area contributed by atoms with Gasteiger partial charge in [0, 0.05) is 19.3 Å². The second-order valence-electron chi connectivity index (χ2n) is 23.4. The standard InChI is InChI=1S/C72H132O6/c1-4-7-10-13-16-19-22-25-28-31-33-35-36-37-39-41-44-47-50-53-56-59-62-65-71(74)77-68-69(67-76-70(73)64-61-58-55-52-49-46-43-40-30-27-24-21-18-15-12-9-6-3)78-72(75)66-63-60-57-54-51-48-45-42-38-34-32-29-26-23-20-17-14-11-8-5-2/h9,12,18,21,27,30-31,33,69H,4-8,10-11,13-17,19-20,22-26,28-29,32,34-68H2,1-3H3/b12-9-,21-18-,30-27-,33-31-. The van der Waals surface area contributed by atoms with Gasteiger partial charge in [-0.05, 0) is 77.0 Å². The van der Waals surface area contributed by atoms with E-state index in [1.165, 1.54) is 250 Å². The molecule has 6 heteroatoms. The largest absolute Gasteiger partial charge is 0.462 e. The fourth-order valence-electron chi connectivity index (χ4n) is 10.4. The maximum absolute atomic E-state index is 13.0. The number of carbonyl (C=O) groups excluding carboxylic acids is 3. The van der Waals surface area contributed by atoms with Crippen LogP contribution in [0.1, 0.15) is 374 Å². The van der Waals surface area contributed by atoms with Crippen molar-refractivity contribution in [3.8, 4) is 0 Å². The molecule has 0 saturated carbocycles. The quantitative estimate of drug-likeness (QED) is 0.0261. The molecule has 0 spiro atoms. The summed E-state index contributed by atoms with van der Waals surface area (Å²) in [4.78, 5) is 38.4. The lowest BCUT2D eigenvalue weighted by Crippen LogP contribution is -2.30. The van der Waals surface area contributed by atoms with Crippen molar-refractivity contribution in [3.05, 3.63) is 48.6 Å². The molecule has 1 unspecified atom stereocenters. The molecule has 1 atom stereocenters. The number of unbranched alkanes of at least 4 members (excludes halogenated alkanes) is 45. The zero-order chi connectivity index (χ0) is 56.4. The summed E-state index contributed by atoms with van der Waals surface area (Å²) in [5.74, 6) is -0.856. The summed E-state index contributed by atoms with van der Waals surface area (Å²) in [6.45, 7) is 6.59. The normalized spacial score (nSPS) is 12.3.